The fourth-order valence-electron chi connectivity index (χ4n) is 5.41. The van der Waals surface area contributed by atoms with Crippen molar-refractivity contribution in [3.8, 4) is 11.5 Å². The first-order valence-electron chi connectivity index (χ1n) is 13.8. The van der Waals surface area contributed by atoms with Gasteiger partial charge in [0.2, 0.25) is 0 Å². The van der Waals surface area contributed by atoms with Crippen molar-refractivity contribution < 1.29 is 4.74 Å². The predicted molar refractivity (Wildman–Crippen MR) is 180 cm³/mol. The first-order chi connectivity index (χ1) is 19.7. The maximum absolute atomic E-state index is 6.99. The van der Waals surface area contributed by atoms with Crippen molar-refractivity contribution in [1.29, 1.82) is 0 Å². The summed E-state index contributed by atoms with van der Waals surface area (Å²) >= 11 is 0. The normalized spacial score (nSPS) is 14.6. The van der Waals surface area contributed by atoms with Crippen LogP contribution in [0.5, 0.6) is 11.5 Å². The van der Waals surface area contributed by atoms with Crippen LogP contribution in [0.3, 0.4) is 0 Å². The molecule has 1 aliphatic rings. The number of ether oxygens (including phenoxy) is 1. The van der Waals surface area contributed by atoms with Crippen LogP contribution in [0, 0.1) is 0 Å². The molecule has 0 bridgehead atoms. The minimum absolute atomic E-state index is 0.874. The molecule has 0 aromatic heterocycles. The third-order valence-corrected chi connectivity index (χ3v) is 14.5. The van der Waals surface area contributed by atoms with Gasteiger partial charge in [0.1, 0.15) is 0 Å². The van der Waals surface area contributed by atoms with Gasteiger partial charge in [-0.15, -0.1) is 0 Å². The van der Waals surface area contributed by atoms with E-state index in [2.05, 4.69) is 153 Å². The van der Waals surface area contributed by atoms with Crippen molar-refractivity contribution in [3.05, 3.63) is 169 Å². The molecule has 0 fully saturated rings. The average Bonchev–Trinajstić information content (AvgIpc) is 3.03. The summed E-state index contributed by atoms with van der Waals surface area (Å²) < 4.78 is 6.99. The molecule has 0 spiro atoms. The van der Waals surface area contributed by atoms with E-state index in [1.54, 1.807) is 0 Å². The van der Waals surface area contributed by atoms with Gasteiger partial charge in [-0.25, -0.2) is 0 Å². The second-order valence-electron chi connectivity index (χ2n) is 9.90. The Morgan fingerprint density at radius 1 is 0.775 bits per heavy atom. The van der Waals surface area contributed by atoms with Crippen LogP contribution in [0.15, 0.2) is 169 Å². The maximum atomic E-state index is 6.99. The van der Waals surface area contributed by atoms with Crippen molar-refractivity contribution in [2.24, 2.45) is 0 Å². The van der Waals surface area contributed by atoms with E-state index in [1.807, 2.05) is 12.2 Å². The fraction of sp³-hybridized carbons (Fsp3) is 0.0811. The van der Waals surface area contributed by atoms with E-state index in [-0.39, 0.29) is 0 Å². The zero-order valence-corrected chi connectivity index (χ0v) is 24.9. The van der Waals surface area contributed by atoms with Crippen molar-refractivity contribution in [3.63, 3.8) is 0 Å². The van der Waals surface area contributed by atoms with Gasteiger partial charge in [0.05, 0.1) is 0 Å². The molecule has 5 rings (SSSR count). The summed E-state index contributed by atoms with van der Waals surface area (Å²) in [5.41, 5.74) is 0. The fourth-order valence-corrected chi connectivity index (χ4v) is 11.6. The van der Waals surface area contributed by atoms with Crippen LogP contribution in [0.1, 0.15) is 12.8 Å². The van der Waals surface area contributed by atoms with Gasteiger partial charge in [0.25, 0.3) is 0 Å². The van der Waals surface area contributed by atoms with Crippen LogP contribution in [-0.2, 0) is 0 Å². The number of allylic oxidation sites excluding steroid dienone is 8. The monoisotopic (exact) mass is 558 g/mol. The number of rotatable bonds is 10. The molecule has 200 valence electrons. The van der Waals surface area contributed by atoms with E-state index in [0.717, 1.165) is 35.0 Å². The molecular formula is C37H36OP2. The number of hydrogen-bond acceptors (Lipinski definition) is 1. The zero-order valence-electron chi connectivity index (χ0n) is 23.0. The molecule has 0 saturated heterocycles. The SMILES string of the molecule is C=C/C=C(\C=C)P(c1ccccc1)c1ccccc1Oc1ccccc1[PH](C)(C1=CCCC=C1)c1ccccc1. The van der Waals surface area contributed by atoms with Crippen molar-refractivity contribution in [2.45, 2.75) is 12.8 Å². The Labute approximate surface area is 241 Å². The quantitative estimate of drug-likeness (QED) is 0.140. The van der Waals surface area contributed by atoms with Gasteiger partial charge in [-0.3, -0.25) is 0 Å². The molecule has 3 heteroatoms. The van der Waals surface area contributed by atoms with Crippen LogP contribution >= 0.6 is 15.2 Å². The molecule has 0 radical (unpaired) electrons. The Hall–Kier alpha value is -3.76. The van der Waals surface area contributed by atoms with Gasteiger partial charge in [0.15, 0.2) is 0 Å². The van der Waals surface area contributed by atoms with Crippen LogP contribution in [0.2, 0.25) is 0 Å². The van der Waals surface area contributed by atoms with E-state index in [0.29, 0.717) is 0 Å². The molecule has 1 unspecified atom stereocenters. The first kappa shape index (κ1) is 27.8. The molecule has 0 amide bonds. The molecule has 4 aromatic carbocycles. The Bertz CT molecular complexity index is 1570. The van der Waals surface area contributed by atoms with Crippen LogP contribution in [-0.4, -0.2) is 6.66 Å². The molecule has 1 aliphatic carbocycles. The van der Waals surface area contributed by atoms with Gasteiger partial charge >= 0.3 is 242 Å². The third-order valence-electron chi connectivity index (χ3n) is 7.45. The summed E-state index contributed by atoms with van der Waals surface area (Å²) in [5.74, 6) is 1.79. The second-order valence-corrected chi connectivity index (χ2v) is 16.0. The molecule has 0 aliphatic heterocycles. The Balaban J connectivity index is 1.66. The number of hydrogen-bond donors (Lipinski definition) is 0. The summed E-state index contributed by atoms with van der Waals surface area (Å²) in [6.07, 6.45) is 15.1. The molecule has 40 heavy (non-hydrogen) atoms. The van der Waals surface area contributed by atoms with Gasteiger partial charge in [-0.2, -0.15) is 0 Å². The van der Waals surface area contributed by atoms with E-state index in [4.69, 9.17) is 4.74 Å². The van der Waals surface area contributed by atoms with E-state index >= 15 is 0 Å². The van der Waals surface area contributed by atoms with Crippen molar-refractivity contribution in [1.82, 2.24) is 0 Å². The van der Waals surface area contributed by atoms with Crippen molar-refractivity contribution >= 4 is 36.4 Å². The Kier molecular flexibility index (Phi) is 9.08. The molecule has 1 nitrogen and oxygen atoms in total. The topological polar surface area (TPSA) is 9.23 Å². The number of benzene rings is 4. The molecule has 1 atom stereocenters. The van der Waals surface area contributed by atoms with Crippen LogP contribution in [0.4, 0.5) is 0 Å². The Morgan fingerprint density at radius 2 is 1.43 bits per heavy atom. The molecule has 4 aromatic rings. The molecule has 0 N–H and O–H groups in total. The molecule has 0 saturated carbocycles. The van der Waals surface area contributed by atoms with Gasteiger partial charge < -0.3 is 0 Å². The Morgan fingerprint density at radius 3 is 2.10 bits per heavy atom. The van der Waals surface area contributed by atoms with Gasteiger partial charge in [0, 0.05) is 0 Å². The van der Waals surface area contributed by atoms with Crippen LogP contribution in [0.25, 0.3) is 0 Å². The van der Waals surface area contributed by atoms with E-state index < -0.39 is 15.2 Å². The van der Waals surface area contributed by atoms with Gasteiger partial charge in [-0.05, 0) is 0 Å². The summed E-state index contributed by atoms with van der Waals surface area (Å²) in [7, 11) is -3.23. The summed E-state index contributed by atoms with van der Waals surface area (Å²) in [6.45, 7) is 10.6. The van der Waals surface area contributed by atoms with E-state index in [9.17, 15) is 0 Å². The molecular weight excluding hydrogens is 522 g/mol. The summed E-state index contributed by atoms with van der Waals surface area (Å²) in [5, 5.41) is 7.64. The predicted octanol–water partition coefficient (Wildman–Crippen LogP) is 8.73. The number of para-hydroxylation sites is 2. The van der Waals surface area contributed by atoms with E-state index in [1.165, 1.54) is 21.2 Å². The minimum atomic E-state index is -2.34. The molecule has 0 heterocycles. The third kappa shape index (κ3) is 5.73. The van der Waals surface area contributed by atoms with Gasteiger partial charge in [-0.1, -0.05) is 0 Å². The zero-order chi connectivity index (χ0) is 27.8. The standard InChI is InChI=1S/C37H36OP2/c1-4-19-30(5-2)39(31-20-9-6-10-21-31)36-28-17-15-26-34(36)38-35-27-16-18-29-37(35)40(3,32-22-11-7-12-23-32)33-24-13-8-14-25-33/h4-7,9-13,15-29,40H,1-2,8,14H2,3H3/b30-19+. The first-order valence-corrected chi connectivity index (χ1v) is 17.6. The summed E-state index contributed by atoms with van der Waals surface area (Å²) in [4.78, 5) is 0. The average molecular weight is 559 g/mol. The van der Waals surface area contributed by atoms with Crippen LogP contribution < -0.4 is 26.0 Å². The van der Waals surface area contributed by atoms with Crippen molar-refractivity contribution in [2.75, 3.05) is 6.66 Å². The second kappa shape index (κ2) is 13.1. The summed E-state index contributed by atoms with van der Waals surface area (Å²) in [6, 6.07) is 38.7.